The second kappa shape index (κ2) is 5.02. The van der Waals surface area contributed by atoms with Gasteiger partial charge in [0.2, 0.25) is 0 Å². The van der Waals surface area contributed by atoms with Crippen molar-refractivity contribution < 1.29 is 14.7 Å². The summed E-state index contributed by atoms with van der Waals surface area (Å²) in [5.41, 5.74) is 0. The number of carbonyl (C=O) groups is 2. The zero-order valence-electron chi connectivity index (χ0n) is 11.3. The molecule has 3 fully saturated rings. The van der Waals surface area contributed by atoms with Gasteiger partial charge in [-0.25, -0.2) is 4.79 Å². The molecule has 1 unspecified atom stereocenters. The van der Waals surface area contributed by atoms with E-state index in [1.807, 2.05) is 4.90 Å². The van der Waals surface area contributed by atoms with Crippen LogP contribution in [-0.2, 0) is 4.79 Å². The molecule has 0 bridgehead atoms. The van der Waals surface area contributed by atoms with E-state index >= 15 is 0 Å². The summed E-state index contributed by atoms with van der Waals surface area (Å²) in [6.45, 7) is 2.27. The maximum Gasteiger partial charge on any atom is 0.320 e. The average molecular weight is 266 g/mol. The number of hydrogen-bond acceptors (Lipinski definition) is 2. The number of hydrogen-bond donors (Lipinski definition) is 1. The van der Waals surface area contributed by atoms with Crippen LogP contribution in [0.4, 0.5) is 4.79 Å². The van der Waals surface area contributed by atoms with E-state index in [1.54, 1.807) is 0 Å². The summed E-state index contributed by atoms with van der Waals surface area (Å²) in [4.78, 5) is 27.2. The van der Waals surface area contributed by atoms with Crippen LogP contribution in [0.5, 0.6) is 0 Å². The van der Waals surface area contributed by atoms with E-state index in [0.29, 0.717) is 12.6 Å². The topological polar surface area (TPSA) is 60.9 Å². The highest BCUT2D eigenvalue weighted by atomic mass is 16.4. The highest BCUT2D eigenvalue weighted by Crippen LogP contribution is 2.36. The molecule has 0 spiro atoms. The molecule has 1 aliphatic heterocycles. The van der Waals surface area contributed by atoms with Gasteiger partial charge in [0.25, 0.3) is 0 Å². The molecule has 106 valence electrons. The lowest BCUT2D eigenvalue weighted by molar-refractivity contribution is -0.138. The van der Waals surface area contributed by atoms with Crippen molar-refractivity contribution in [2.75, 3.05) is 19.6 Å². The van der Waals surface area contributed by atoms with Gasteiger partial charge in [0.05, 0.1) is 0 Å². The third-order valence-electron chi connectivity index (χ3n) is 4.40. The monoisotopic (exact) mass is 266 g/mol. The van der Waals surface area contributed by atoms with E-state index in [-0.39, 0.29) is 18.4 Å². The Morgan fingerprint density at radius 1 is 1.11 bits per heavy atom. The van der Waals surface area contributed by atoms with Crippen LogP contribution in [-0.4, -0.2) is 52.6 Å². The van der Waals surface area contributed by atoms with Crippen molar-refractivity contribution in [3.05, 3.63) is 0 Å². The van der Waals surface area contributed by atoms with Gasteiger partial charge in [0.1, 0.15) is 0 Å². The van der Waals surface area contributed by atoms with E-state index in [2.05, 4.69) is 4.90 Å². The fourth-order valence-electron chi connectivity index (χ4n) is 2.95. The maximum atomic E-state index is 12.5. The van der Waals surface area contributed by atoms with Crippen LogP contribution < -0.4 is 0 Å². The fourth-order valence-corrected chi connectivity index (χ4v) is 2.95. The molecule has 3 aliphatic rings. The zero-order valence-corrected chi connectivity index (χ0v) is 11.3. The summed E-state index contributed by atoms with van der Waals surface area (Å²) in [6, 6.07) is 0.619. The Morgan fingerprint density at radius 2 is 1.84 bits per heavy atom. The quantitative estimate of drug-likeness (QED) is 0.825. The summed E-state index contributed by atoms with van der Waals surface area (Å²) >= 11 is 0. The Labute approximate surface area is 113 Å². The van der Waals surface area contributed by atoms with Crippen LogP contribution in [0.3, 0.4) is 0 Å². The number of aliphatic carboxylic acids is 1. The van der Waals surface area contributed by atoms with Gasteiger partial charge in [-0.1, -0.05) is 0 Å². The van der Waals surface area contributed by atoms with E-state index in [0.717, 1.165) is 38.3 Å². The van der Waals surface area contributed by atoms with Gasteiger partial charge in [-0.15, -0.1) is 0 Å². The molecular weight excluding hydrogens is 244 g/mol. The molecule has 1 N–H and O–H groups in total. The summed E-state index contributed by atoms with van der Waals surface area (Å²) in [5, 5.41) is 8.82. The molecule has 3 rings (SSSR count). The first-order chi connectivity index (χ1) is 9.13. The van der Waals surface area contributed by atoms with E-state index < -0.39 is 5.97 Å². The van der Waals surface area contributed by atoms with Crippen molar-refractivity contribution in [3.63, 3.8) is 0 Å². The Hall–Kier alpha value is -1.26. The molecule has 0 aromatic rings. The van der Waals surface area contributed by atoms with E-state index in [1.165, 1.54) is 12.8 Å². The number of carbonyl (C=O) groups excluding carboxylic acids is 1. The second-order valence-corrected chi connectivity index (χ2v) is 6.31. The normalized spacial score (nSPS) is 26.5. The van der Waals surface area contributed by atoms with Crippen LogP contribution in [0.2, 0.25) is 0 Å². The molecule has 0 radical (unpaired) electrons. The maximum absolute atomic E-state index is 12.5. The molecule has 0 aromatic carbocycles. The van der Waals surface area contributed by atoms with Crippen molar-refractivity contribution in [2.24, 2.45) is 11.8 Å². The molecule has 1 saturated heterocycles. The molecule has 1 atom stereocenters. The third kappa shape index (κ3) is 3.19. The van der Waals surface area contributed by atoms with Crippen LogP contribution in [0.15, 0.2) is 0 Å². The van der Waals surface area contributed by atoms with Gasteiger partial charge in [0, 0.05) is 32.1 Å². The van der Waals surface area contributed by atoms with Crippen molar-refractivity contribution >= 4 is 12.0 Å². The van der Waals surface area contributed by atoms with E-state index in [9.17, 15) is 9.59 Å². The van der Waals surface area contributed by atoms with Crippen molar-refractivity contribution in [1.82, 2.24) is 9.80 Å². The number of carboxylic acids is 1. The molecule has 2 aliphatic carbocycles. The van der Waals surface area contributed by atoms with Gasteiger partial charge in [0.15, 0.2) is 0 Å². The lowest BCUT2D eigenvalue weighted by Crippen LogP contribution is -2.44. The number of urea groups is 1. The van der Waals surface area contributed by atoms with Gasteiger partial charge < -0.3 is 14.9 Å². The summed E-state index contributed by atoms with van der Waals surface area (Å²) in [7, 11) is 0. The van der Waals surface area contributed by atoms with Gasteiger partial charge in [-0.05, 0) is 43.9 Å². The fraction of sp³-hybridized carbons (Fsp3) is 0.857. The SMILES string of the molecule is O=C(O)CC1CCN(C(=O)N(CC2CC2)C2CC2)C1. The number of rotatable bonds is 5. The van der Waals surface area contributed by atoms with Gasteiger partial charge >= 0.3 is 12.0 Å². The van der Waals surface area contributed by atoms with Crippen LogP contribution in [0.25, 0.3) is 0 Å². The molecule has 5 nitrogen and oxygen atoms in total. The summed E-state index contributed by atoms with van der Waals surface area (Å²) in [5.74, 6) is 0.113. The third-order valence-corrected chi connectivity index (χ3v) is 4.40. The molecule has 5 heteroatoms. The second-order valence-electron chi connectivity index (χ2n) is 6.31. The Morgan fingerprint density at radius 3 is 2.42 bits per heavy atom. The smallest absolute Gasteiger partial charge is 0.320 e. The van der Waals surface area contributed by atoms with E-state index in [4.69, 9.17) is 5.11 Å². The van der Waals surface area contributed by atoms with Gasteiger partial charge in [-0.2, -0.15) is 0 Å². The van der Waals surface area contributed by atoms with Crippen molar-refractivity contribution in [1.29, 1.82) is 0 Å². The van der Waals surface area contributed by atoms with Crippen LogP contribution in [0.1, 0.15) is 38.5 Å². The van der Waals surface area contributed by atoms with Crippen molar-refractivity contribution in [3.8, 4) is 0 Å². The van der Waals surface area contributed by atoms with Crippen molar-refractivity contribution in [2.45, 2.75) is 44.6 Å². The van der Waals surface area contributed by atoms with Gasteiger partial charge in [-0.3, -0.25) is 4.79 Å². The molecule has 19 heavy (non-hydrogen) atoms. The number of carboxylic acid groups (broad SMARTS) is 1. The lowest BCUT2D eigenvalue weighted by atomic mass is 10.1. The number of nitrogens with zero attached hydrogens (tertiary/aromatic N) is 2. The first-order valence-corrected chi connectivity index (χ1v) is 7.41. The molecular formula is C14H22N2O3. The Kier molecular flexibility index (Phi) is 3.37. The molecule has 2 saturated carbocycles. The summed E-state index contributed by atoms with van der Waals surface area (Å²) in [6.07, 6.45) is 5.84. The standard InChI is InChI=1S/C14H22N2O3/c17-13(18)7-11-5-6-15(8-11)14(19)16(12-3-4-12)9-10-1-2-10/h10-12H,1-9H2,(H,17,18). The summed E-state index contributed by atoms with van der Waals surface area (Å²) < 4.78 is 0. The highest BCUT2D eigenvalue weighted by Gasteiger charge is 2.39. The van der Waals surface area contributed by atoms with Crippen LogP contribution >= 0.6 is 0 Å². The van der Waals surface area contributed by atoms with Crippen LogP contribution in [0, 0.1) is 11.8 Å². The first-order valence-electron chi connectivity index (χ1n) is 7.41. The zero-order chi connectivity index (χ0) is 13.4. The number of amides is 2. The predicted molar refractivity (Wildman–Crippen MR) is 69.8 cm³/mol. The molecule has 1 heterocycles. The minimum atomic E-state index is -0.753. The first kappa shape index (κ1) is 12.8. The Bertz CT molecular complexity index is 377. The highest BCUT2D eigenvalue weighted by molar-refractivity contribution is 5.76. The minimum Gasteiger partial charge on any atom is -0.481 e. The average Bonchev–Trinajstić information content (AvgIpc) is 3.25. The predicted octanol–water partition coefficient (Wildman–Crippen LogP) is 1.78. The molecule has 0 aromatic heterocycles. The number of likely N-dealkylation sites (tertiary alicyclic amines) is 1. The lowest BCUT2D eigenvalue weighted by Gasteiger charge is -2.28. The molecule has 2 amide bonds. The minimum absolute atomic E-state index is 0.142. The Balaban J connectivity index is 1.55. The largest absolute Gasteiger partial charge is 0.481 e.